The van der Waals surface area contributed by atoms with Gasteiger partial charge in [0.05, 0.1) is 0 Å². The molecule has 0 radical (unpaired) electrons. The second-order valence-corrected chi connectivity index (χ2v) is 6.44. The molecule has 0 bridgehead atoms. The minimum Gasteiger partial charge on any atom is -0.454 e. The number of rotatable bonds is 3. The summed E-state index contributed by atoms with van der Waals surface area (Å²) < 4.78 is 16.5. The van der Waals surface area contributed by atoms with Crippen molar-refractivity contribution in [2.45, 2.75) is 6.10 Å². The molecule has 3 aromatic rings. The lowest BCUT2D eigenvalue weighted by Gasteiger charge is -2.13. The molecule has 1 heterocycles. The summed E-state index contributed by atoms with van der Waals surface area (Å²) >= 11 is 0. The van der Waals surface area contributed by atoms with Crippen LogP contribution in [0.15, 0.2) is 72.8 Å². The van der Waals surface area contributed by atoms with E-state index < -0.39 is 0 Å². The van der Waals surface area contributed by atoms with E-state index >= 15 is 0 Å². The molecule has 0 amide bonds. The van der Waals surface area contributed by atoms with E-state index in [-0.39, 0.29) is 18.9 Å². The van der Waals surface area contributed by atoms with Crippen LogP contribution >= 0.6 is 0 Å². The lowest BCUT2D eigenvalue weighted by Crippen LogP contribution is -2.08. The predicted octanol–water partition coefficient (Wildman–Crippen LogP) is 4.74. The molecule has 5 rings (SSSR count). The number of hydrogen-bond donors (Lipinski definition) is 0. The minimum atomic E-state index is -0.385. The Morgan fingerprint density at radius 1 is 0.889 bits per heavy atom. The SMILES string of the molecule is O=C(/C=C/c1ccc2c(c1)OCO2)OC1c2ccccc2-c2ccccc21. The van der Waals surface area contributed by atoms with E-state index in [9.17, 15) is 4.79 Å². The summed E-state index contributed by atoms with van der Waals surface area (Å²) in [5.41, 5.74) is 5.12. The molecule has 1 aliphatic heterocycles. The highest BCUT2D eigenvalue weighted by atomic mass is 16.7. The van der Waals surface area contributed by atoms with Gasteiger partial charge in [-0.3, -0.25) is 0 Å². The zero-order chi connectivity index (χ0) is 18.2. The minimum absolute atomic E-state index is 0.227. The first-order valence-electron chi connectivity index (χ1n) is 8.76. The Hall–Kier alpha value is -3.53. The first-order valence-corrected chi connectivity index (χ1v) is 8.76. The average molecular weight is 356 g/mol. The van der Waals surface area contributed by atoms with E-state index in [1.807, 2.05) is 54.6 Å². The van der Waals surface area contributed by atoms with Gasteiger partial charge >= 0.3 is 5.97 Å². The van der Waals surface area contributed by atoms with E-state index in [0.29, 0.717) is 11.5 Å². The molecule has 132 valence electrons. The van der Waals surface area contributed by atoms with Crippen LogP contribution in [0.2, 0.25) is 0 Å². The fourth-order valence-electron chi connectivity index (χ4n) is 3.57. The Morgan fingerprint density at radius 2 is 1.56 bits per heavy atom. The van der Waals surface area contributed by atoms with Crippen molar-refractivity contribution >= 4 is 12.0 Å². The molecule has 0 fully saturated rings. The number of fused-ring (bicyclic) bond motifs is 4. The molecule has 4 heteroatoms. The number of hydrogen-bond acceptors (Lipinski definition) is 4. The number of carbonyl (C=O) groups excluding carboxylic acids is 1. The molecule has 27 heavy (non-hydrogen) atoms. The fraction of sp³-hybridized carbons (Fsp3) is 0.0870. The molecule has 0 saturated heterocycles. The van der Waals surface area contributed by atoms with Crippen molar-refractivity contribution < 1.29 is 19.0 Å². The van der Waals surface area contributed by atoms with Gasteiger partial charge in [-0.05, 0) is 34.9 Å². The topological polar surface area (TPSA) is 44.8 Å². The maximum Gasteiger partial charge on any atom is 0.331 e. The Bertz CT molecular complexity index is 1020. The fourth-order valence-corrected chi connectivity index (χ4v) is 3.57. The molecule has 0 saturated carbocycles. The monoisotopic (exact) mass is 356 g/mol. The quantitative estimate of drug-likeness (QED) is 0.502. The van der Waals surface area contributed by atoms with Crippen LogP contribution < -0.4 is 9.47 Å². The molecule has 0 atom stereocenters. The Kier molecular flexibility index (Phi) is 3.68. The number of esters is 1. The molecule has 0 N–H and O–H groups in total. The second kappa shape index (κ2) is 6.32. The Balaban J connectivity index is 1.38. The van der Waals surface area contributed by atoms with Gasteiger partial charge in [-0.1, -0.05) is 54.6 Å². The highest BCUT2D eigenvalue weighted by Gasteiger charge is 2.30. The maximum absolute atomic E-state index is 12.5. The second-order valence-electron chi connectivity index (χ2n) is 6.44. The molecule has 4 nitrogen and oxygen atoms in total. The predicted molar refractivity (Wildman–Crippen MR) is 101 cm³/mol. The number of carbonyl (C=O) groups is 1. The van der Waals surface area contributed by atoms with Crippen LogP contribution in [0.3, 0.4) is 0 Å². The van der Waals surface area contributed by atoms with E-state index in [4.69, 9.17) is 14.2 Å². The van der Waals surface area contributed by atoms with Crippen molar-refractivity contribution in [2.24, 2.45) is 0 Å². The van der Waals surface area contributed by atoms with Gasteiger partial charge in [0.15, 0.2) is 17.6 Å². The lowest BCUT2D eigenvalue weighted by atomic mass is 10.1. The van der Waals surface area contributed by atoms with Gasteiger partial charge in [0.2, 0.25) is 6.79 Å². The van der Waals surface area contributed by atoms with Crippen molar-refractivity contribution in [3.8, 4) is 22.6 Å². The highest BCUT2D eigenvalue weighted by molar-refractivity contribution is 5.88. The maximum atomic E-state index is 12.5. The third-order valence-corrected chi connectivity index (χ3v) is 4.82. The summed E-state index contributed by atoms with van der Waals surface area (Å²) in [5.74, 6) is 1.02. The number of benzene rings is 3. The van der Waals surface area contributed by atoms with Crippen LogP contribution in [-0.2, 0) is 9.53 Å². The van der Waals surface area contributed by atoms with Crippen LogP contribution in [0.25, 0.3) is 17.2 Å². The largest absolute Gasteiger partial charge is 0.454 e. The van der Waals surface area contributed by atoms with Crippen LogP contribution in [0.5, 0.6) is 11.5 Å². The van der Waals surface area contributed by atoms with Gasteiger partial charge in [-0.2, -0.15) is 0 Å². The molecule has 2 aliphatic rings. The van der Waals surface area contributed by atoms with Crippen LogP contribution in [0.4, 0.5) is 0 Å². The summed E-state index contributed by atoms with van der Waals surface area (Å²) in [6.07, 6.45) is 2.78. The van der Waals surface area contributed by atoms with Gasteiger partial charge in [0.1, 0.15) is 0 Å². The summed E-state index contributed by atoms with van der Waals surface area (Å²) in [7, 11) is 0. The van der Waals surface area contributed by atoms with Gasteiger partial charge in [0, 0.05) is 17.2 Å². The Labute approximate surface area is 156 Å². The first-order chi connectivity index (χ1) is 13.3. The summed E-state index contributed by atoms with van der Waals surface area (Å²) in [6, 6.07) is 21.6. The van der Waals surface area contributed by atoms with Crippen molar-refractivity contribution in [3.05, 3.63) is 89.5 Å². The van der Waals surface area contributed by atoms with E-state index in [0.717, 1.165) is 27.8 Å². The van der Waals surface area contributed by atoms with Crippen LogP contribution in [0.1, 0.15) is 22.8 Å². The van der Waals surface area contributed by atoms with Crippen LogP contribution in [-0.4, -0.2) is 12.8 Å². The lowest BCUT2D eigenvalue weighted by molar-refractivity contribution is -0.141. The van der Waals surface area contributed by atoms with Gasteiger partial charge in [-0.15, -0.1) is 0 Å². The van der Waals surface area contributed by atoms with Crippen molar-refractivity contribution in [1.82, 2.24) is 0 Å². The standard InChI is InChI=1S/C23H16O4/c24-22(12-10-15-9-11-20-21(13-15)26-14-25-20)27-23-18-7-3-1-5-16(18)17-6-2-4-8-19(17)23/h1-13,23H,14H2/b12-10+. The molecule has 3 aromatic carbocycles. The highest BCUT2D eigenvalue weighted by Crippen LogP contribution is 2.45. The molecule has 0 unspecified atom stereocenters. The molecule has 0 aromatic heterocycles. The van der Waals surface area contributed by atoms with Crippen molar-refractivity contribution in [1.29, 1.82) is 0 Å². The first kappa shape index (κ1) is 15.7. The van der Waals surface area contributed by atoms with E-state index in [1.54, 1.807) is 6.08 Å². The third-order valence-electron chi connectivity index (χ3n) is 4.82. The molecular weight excluding hydrogens is 340 g/mol. The summed E-state index contributed by atoms with van der Waals surface area (Å²) in [4.78, 5) is 12.5. The van der Waals surface area contributed by atoms with Gasteiger partial charge in [0.25, 0.3) is 0 Å². The molecular formula is C23H16O4. The number of ether oxygens (including phenoxy) is 3. The Morgan fingerprint density at radius 3 is 2.30 bits per heavy atom. The summed E-state index contributed by atoms with van der Waals surface area (Å²) in [6.45, 7) is 0.227. The zero-order valence-electron chi connectivity index (χ0n) is 14.4. The van der Waals surface area contributed by atoms with E-state index in [2.05, 4.69) is 12.1 Å². The molecule has 0 spiro atoms. The average Bonchev–Trinajstić information content (AvgIpc) is 3.30. The van der Waals surface area contributed by atoms with Crippen LogP contribution in [0, 0.1) is 0 Å². The molecule has 1 aliphatic carbocycles. The third kappa shape index (κ3) is 2.75. The summed E-state index contributed by atoms with van der Waals surface area (Å²) in [5, 5.41) is 0. The normalized spacial score (nSPS) is 14.2. The van der Waals surface area contributed by atoms with E-state index in [1.165, 1.54) is 6.08 Å². The zero-order valence-corrected chi connectivity index (χ0v) is 14.4. The van der Waals surface area contributed by atoms with Crippen molar-refractivity contribution in [3.63, 3.8) is 0 Å². The van der Waals surface area contributed by atoms with Gasteiger partial charge < -0.3 is 14.2 Å². The van der Waals surface area contributed by atoms with Gasteiger partial charge in [-0.25, -0.2) is 4.79 Å². The smallest absolute Gasteiger partial charge is 0.331 e. The van der Waals surface area contributed by atoms with Crippen molar-refractivity contribution in [2.75, 3.05) is 6.79 Å².